The van der Waals surface area contributed by atoms with E-state index in [0.29, 0.717) is 9.46 Å². The first-order valence-electron chi connectivity index (χ1n) is 4.63. The summed E-state index contributed by atoms with van der Waals surface area (Å²) in [5.74, 6) is 0. The maximum Gasteiger partial charge on any atom is 0.207 e. The summed E-state index contributed by atoms with van der Waals surface area (Å²) in [6, 6.07) is 4.84. The molecular weight excluding hydrogens is 244 g/mol. The van der Waals surface area contributed by atoms with Crippen LogP contribution in [0.1, 0.15) is 0 Å². The van der Waals surface area contributed by atoms with Crippen LogP contribution in [0.5, 0.6) is 0 Å². The Balaban J connectivity index is 2.50. The Morgan fingerprint density at radius 3 is 1.35 bits per heavy atom. The van der Waals surface area contributed by atoms with Crippen LogP contribution in [0.4, 0.5) is 0 Å². The van der Waals surface area contributed by atoms with Gasteiger partial charge in [-0.2, -0.15) is 9.46 Å². The molecule has 7 heteroatoms. The Morgan fingerprint density at radius 1 is 0.765 bits per heavy atom. The molecule has 88 valence electrons. The van der Waals surface area contributed by atoms with Crippen LogP contribution in [0.25, 0.3) is 0 Å². The Morgan fingerprint density at radius 2 is 1.06 bits per heavy atom. The summed E-state index contributed by atoms with van der Waals surface area (Å²) in [5, 5.41) is 21.6. The molecule has 2 aromatic rings. The summed E-state index contributed by atoms with van der Waals surface area (Å²) in [7, 11) is -3.68. The van der Waals surface area contributed by atoms with E-state index in [4.69, 9.17) is 0 Å². The number of sulfone groups is 1. The summed E-state index contributed by atoms with van der Waals surface area (Å²) >= 11 is 0. The van der Waals surface area contributed by atoms with Crippen molar-refractivity contribution in [1.29, 1.82) is 0 Å². The minimum atomic E-state index is -3.68. The Bertz CT molecular complexity index is 569. The van der Waals surface area contributed by atoms with Gasteiger partial charge in [-0.1, -0.05) is 0 Å². The number of hydrogen-bond acceptors (Lipinski definition) is 4. The van der Waals surface area contributed by atoms with Crippen LogP contribution in [0.3, 0.4) is 0 Å². The average molecular weight is 252 g/mol. The molecule has 0 aliphatic rings. The molecule has 0 atom stereocenters. The van der Waals surface area contributed by atoms with Crippen LogP contribution in [-0.2, 0) is 9.84 Å². The van der Waals surface area contributed by atoms with Gasteiger partial charge in [-0.3, -0.25) is 0 Å². The molecule has 2 aromatic heterocycles. The maximum absolute atomic E-state index is 12.0. The van der Waals surface area contributed by atoms with Gasteiger partial charge >= 0.3 is 0 Å². The predicted octanol–water partition coefficient (Wildman–Crippen LogP) is -0.214. The summed E-state index contributed by atoms with van der Waals surface area (Å²) in [4.78, 5) is 0.0153. The second-order valence-corrected chi connectivity index (χ2v) is 5.24. The lowest BCUT2D eigenvalue weighted by atomic mass is 10.5. The molecule has 0 saturated heterocycles. The van der Waals surface area contributed by atoms with Crippen molar-refractivity contribution >= 4 is 9.84 Å². The van der Waals surface area contributed by atoms with E-state index in [1.165, 1.54) is 24.3 Å². The van der Waals surface area contributed by atoms with Crippen molar-refractivity contribution in [3.05, 3.63) is 59.5 Å². The van der Waals surface area contributed by atoms with Crippen LogP contribution in [0.15, 0.2) is 58.8 Å². The van der Waals surface area contributed by atoms with E-state index in [-0.39, 0.29) is 9.79 Å². The summed E-state index contributed by atoms with van der Waals surface area (Å²) in [6.45, 7) is 0. The zero-order valence-electron chi connectivity index (χ0n) is 8.55. The van der Waals surface area contributed by atoms with Gasteiger partial charge in [-0.25, -0.2) is 8.42 Å². The molecule has 2 heterocycles. The molecule has 0 spiro atoms. The lowest BCUT2D eigenvalue weighted by Crippen LogP contribution is -2.25. The molecule has 0 saturated carbocycles. The smallest absolute Gasteiger partial charge is 0.207 e. The average Bonchev–Trinajstić information content (AvgIpc) is 2.30. The van der Waals surface area contributed by atoms with Gasteiger partial charge < -0.3 is 10.4 Å². The molecule has 6 nitrogen and oxygen atoms in total. The predicted molar refractivity (Wildman–Crippen MR) is 56.3 cm³/mol. The van der Waals surface area contributed by atoms with E-state index in [1.807, 2.05) is 0 Å². The van der Waals surface area contributed by atoms with Crippen molar-refractivity contribution < 1.29 is 17.9 Å². The van der Waals surface area contributed by atoms with Crippen molar-refractivity contribution in [1.82, 2.24) is 0 Å². The minimum Gasteiger partial charge on any atom is -0.619 e. The fraction of sp³-hybridized carbons (Fsp3) is 0. The third-order valence-electron chi connectivity index (χ3n) is 2.16. The van der Waals surface area contributed by atoms with Gasteiger partial charge in [-0.05, 0) is 0 Å². The molecule has 0 aromatic carbocycles. The first kappa shape index (κ1) is 11.3. The number of hydrogen-bond donors (Lipinski definition) is 0. The number of pyridine rings is 2. The largest absolute Gasteiger partial charge is 0.619 e. The minimum absolute atomic E-state index is 0.00764. The molecule has 0 amide bonds. The fourth-order valence-corrected chi connectivity index (χ4v) is 2.52. The van der Waals surface area contributed by atoms with E-state index >= 15 is 0 Å². The van der Waals surface area contributed by atoms with Gasteiger partial charge in [-0.15, -0.1) is 0 Å². The van der Waals surface area contributed by atoms with Crippen molar-refractivity contribution in [2.24, 2.45) is 0 Å². The van der Waals surface area contributed by atoms with Gasteiger partial charge in [0.1, 0.15) is 0 Å². The van der Waals surface area contributed by atoms with Crippen LogP contribution in [0, 0.1) is 10.4 Å². The maximum atomic E-state index is 12.0. The summed E-state index contributed by atoms with van der Waals surface area (Å²) in [6.07, 6.45) is 4.40. The lowest BCUT2D eigenvalue weighted by molar-refractivity contribution is -0.605. The van der Waals surface area contributed by atoms with E-state index in [0.717, 1.165) is 24.8 Å². The zero-order chi connectivity index (χ0) is 12.5. The molecule has 0 bridgehead atoms. The number of aromatic nitrogens is 2. The second-order valence-electron chi connectivity index (χ2n) is 3.29. The molecule has 0 N–H and O–H groups in total. The summed E-state index contributed by atoms with van der Waals surface area (Å²) < 4.78 is 25.1. The van der Waals surface area contributed by atoms with Crippen molar-refractivity contribution in [2.75, 3.05) is 0 Å². The van der Waals surface area contributed by atoms with Crippen molar-refractivity contribution in [3.63, 3.8) is 0 Å². The van der Waals surface area contributed by atoms with Gasteiger partial charge in [0.25, 0.3) is 0 Å². The highest BCUT2D eigenvalue weighted by molar-refractivity contribution is 7.91. The molecule has 0 aliphatic carbocycles. The molecule has 0 unspecified atom stereocenters. The second kappa shape index (κ2) is 4.02. The quantitative estimate of drug-likeness (QED) is 0.546. The van der Waals surface area contributed by atoms with Gasteiger partial charge in [0.2, 0.25) is 9.84 Å². The van der Waals surface area contributed by atoms with E-state index < -0.39 is 9.84 Å². The van der Waals surface area contributed by atoms with Gasteiger partial charge in [0.05, 0.1) is 9.79 Å². The third kappa shape index (κ3) is 2.18. The highest BCUT2D eigenvalue weighted by Crippen LogP contribution is 2.17. The third-order valence-corrected chi connectivity index (χ3v) is 3.95. The zero-order valence-corrected chi connectivity index (χ0v) is 9.37. The molecule has 2 rings (SSSR count). The number of rotatable bonds is 2. The monoisotopic (exact) mass is 252 g/mol. The highest BCUT2D eigenvalue weighted by Gasteiger charge is 2.19. The standard InChI is InChI=1S/C10H8N2O4S/c13-11-5-1-9(2-6-11)17(15,16)10-3-7-12(14)8-4-10/h1-8H. The van der Waals surface area contributed by atoms with Crippen LogP contribution in [-0.4, -0.2) is 8.42 Å². The van der Waals surface area contributed by atoms with Gasteiger partial charge in [0, 0.05) is 24.3 Å². The highest BCUT2D eigenvalue weighted by atomic mass is 32.2. The SMILES string of the molecule is O=S(=O)(c1cc[n+]([O-])cc1)c1cc[n+]([O-])cc1. The van der Waals surface area contributed by atoms with Crippen LogP contribution >= 0.6 is 0 Å². The first-order valence-corrected chi connectivity index (χ1v) is 6.11. The molecule has 0 aliphatic heterocycles. The topological polar surface area (TPSA) is 88.0 Å². The lowest BCUT2D eigenvalue weighted by Gasteiger charge is -2.03. The van der Waals surface area contributed by atoms with Gasteiger partial charge in [0.15, 0.2) is 24.8 Å². The molecule has 17 heavy (non-hydrogen) atoms. The summed E-state index contributed by atoms with van der Waals surface area (Å²) in [5.41, 5.74) is 0. The molecule has 0 fully saturated rings. The van der Waals surface area contributed by atoms with E-state index in [9.17, 15) is 18.8 Å². The first-order chi connectivity index (χ1) is 8.00. The number of nitrogens with zero attached hydrogens (tertiary/aromatic N) is 2. The van der Waals surface area contributed by atoms with Crippen LogP contribution in [0.2, 0.25) is 0 Å². The Kier molecular flexibility index (Phi) is 2.68. The van der Waals surface area contributed by atoms with E-state index in [2.05, 4.69) is 0 Å². The van der Waals surface area contributed by atoms with Crippen LogP contribution < -0.4 is 9.46 Å². The van der Waals surface area contributed by atoms with Crippen molar-refractivity contribution in [3.8, 4) is 0 Å². The van der Waals surface area contributed by atoms with E-state index in [1.54, 1.807) is 0 Å². The Hall–Kier alpha value is -2.15. The molecule has 0 radical (unpaired) electrons. The normalized spacial score (nSPS) is 11.3. The van der Waals surface area contributed by atoms with Crippen molar-refractivity contribution in [2.45, 2.75) is 9.79 Å². The molecular formula is C10H8N2O4S. The Labute approximate surface area is 97.5 Å². The fourth-order valence-electron chi connectivity index (χ4n) is 1.29.